The highest BCUT2D eigenvalue weighted by molar-refractivity contribution is 5.85. The van der Waals surface area contributed by atoms with Crippen molar-refractivity contribution in [1.82, 2.24) is 10.6 Å². The van der Waals surface area contributed by atoms with Gasteiger partial charge in [-0.3, -0.25) is 4.79 Å². The molecule has 0 unspecified atom stereocenters. The van der Waals surface area contributed by atoms with Crippen molar-refractivity contribution in [2.45, 2.75) is 38.5 Å². The largest absolute Gasteiger partial charge is 0.445 e. The smallest absolute Gasteiger partial charge is 0.408 e. The van der Waals surface area contributed by atoms with Gasteiger partial charge in [-0.2, -0.15) is 0 Å². The summed E-state index contributed by atoms with van der Waals surface area (Å²) in [6.07, 6.45) is 1.06. The molecule has 1 atom stereocenters. The Kier molecular flexibility index (Phi) is 5.33. The van der Waals surface area contributed by atoms with Crippen LogP contribution in [0, 0.1) is 0 Å². The summed E-state index contributed by atoms with van der Waals surface area (Å²) < 4.78 is 5.14. The van der Waals surface area contributed by atoms with Crippen molar-refractivity contribution in [1.29, 1.82) is 0 Å². The first-order valence-corrected chi connectivity index (χ1v) is 8.46. The molecule has 0 aromatic heterocycles. The van der Waals surface area contributed by atoms with E-state index < -0.39 is 12.1 Å². The molecule has 0 aliphatic heterocycles. The third-order valence-corrected chi connectivity index (χ3v) is 4.34. The van der Waals surface area contributed by atoms with Crippen LogP contribution in [-0.4, -0.2) is 24.1 Å². The number of benzene rings is 2. The number of fused-ring (bicyclic) bond motifs is 1. The topological polar surface area (TPSA) is 67.4 Å². The molecular weight excluding hydrogens is 316 g/mol. The van der Waals surface area contributed by atoms with Gasteiger partial charge in [0.1, 0.15) is 12.6 Å². The third-order valence-electron chi connectivity index (χ3n) is 4.34. The van der Waals surface area contributed by atoms with E-state index in [9.17, 15) is 9.59 Å². The summed E-state index contributed by atoms with van der Waals surface area (Å²) in [6, 6.07) is 17.0. The summed E-state index contributed by atoms with van der Waals surface area (Å²) in [6.45, 7) is 1.83. The maximum atomic E-state index is 12.3. The van der Waals surface area contributed by atoms with E-state index in [1.807, 2.05) is 42.5 Å². The average Bonchev–Trinajstić information content (AvgIpc) is 3.03. The van der Waals surface area contributed by atoms with Crippen LogP contribution in [-0.2, 0) is 29.0 Å². The predicted octanol–water partition coefficient (Wildman–Crippen LogP) is 2.58. The summed E-state index contributed by atoms with van der Waals surface area (Å²) >= 11 is 0. The van der Waals surface area contributed by atoms with Gasteiger partial charge in [0.15, 0.2) is 0 Å². The predicted molar refractivity (Wildman–Crippen MR) is 95.0 cm³/mol. The van der Waals surface area contributed by atoms with E-state index in [2.05, 4.69) is 22.8 Å². The van der Waals surface area contributed by atoms with E-state index in [0.29, 0.717) is 0 Å². The van der Waals surface area contributed by atoms with Crippen molar-refractivity contribution >= 4 is 12.0 Å². The summed E-state index contributed by atoms with van der Waals surface area (Å²) in [5.74, 6) is -0.200. The highest BCUT2D eigenvalue weighted by Crippen LogP contribution is 2.21. The fraction of sp³-hybridized carbons (Fsp3) is 0.300. The van der Waals surface area contributed by atoms with Crippen molar-refractivity contribution in [2.24, 2.45) is 0 Å². The number of rotatable bonds is 5. The maximum absolute atomic E-state index is 12.3. The second kappa shape index (κ2) is 7.83. The molecule has 5 heteroatoms. The molecule has 0 saturated carbocycles. The summed E-state index contributed by atoms with van der Waals surface area (Å²) in [7, 11) is 0. The van der Waals surface area contributed by atoms with Crippen LogP contribution in [0.5, 0.6) is 0 Å². The number of amides is 2. The Morgan fingerprint density at radius 2 is 1.64 bits per heavy atom. The van der Waals surface area contributed by atoms with E-state index in [1.54, 1.807) is 6.92 Å². The van der Waals surface area contributed by atoms with Crippen LogP contribution in [0.1, 0.15) is 23.6 Å². The molecule has 130 valence electrons. The first-order chi connectivity index (χ1) is 12.1. The molecule has 1 aliphatic carbocycles. The van der Waals surface area contributed by atoms with Crippen LogP contribution >= 0.6 is 0 Å². The second-order valence-electron chi connectivity index (χ2n) is 6.31. The lowest BCUT2D eigenvalue weighted by Gasteiger charge is -2.17. The van der Waals surface area contributed by atoms with Gasteiger partial charge in [0.25, 0.3) is 0 Å². The Bertz CT molecular complexity index is 721. The number of alkyl carbamates (subject to hydrolysis) is 1. The molecular formula is C20H22N2O3. The minimum absolute atomic E-state index is 0.0782. The van der Waals surface area contributed by atoms with Gasteiger partial charge in [0.2, 0.25) is 5.91 Å². The second-order valence-corrected chi connectivity index (χ2v) is 6.31. The zero-order valence-corrected chi connectivity index (χ0v) is 14.2. The Morgan fingerprint density at radius 1 is 1.04 bits per heavy atom. The highest BCUT2D eigenvalue weighted by atomic mass is 16.5. The number of hydrogen-bond acceptors (Lipinski definition) is 3. The number of nitrogens with one attached hydrogen (secondary N) is 2. The minimum Gasteiger partial charge on any atom is -0.445 e. The van der Waals surface area contributed by atoms with Crippen LogP contribution < -0.4 is 10.6 Å². The normalized spacial score (nSPS) is 14.4. The van der Waals surface area contributed by atoms with Crippen LogP contribution in [0.2, 0.25) is 0 Å². The fourth-order valence-electron chi connectivity index (χ4n) is 2.99. The molecule has 0 fully saturated rings. The molecule has 0 saturated heterocycles. The van der Waals surface area contributed by atoms with Gasteiger partial charge >= 0.3 is 6.09 Å². The van der Waals surface area contributed by atoms with Gasteiger partial charge in [-0.1, -0.05) is 54.6 Å². The maximum Gasteiger partial charge on any atom is 0.408 e. The molecule has 2 aromatic carbocycles. The van der Waals surface area contributed by atoms with Crippen molar-refractivity contribution in [3.05, 3.63) is 71.3 Å². The molecule has 3 rings (SSSR count). The highest BCUT2D eigenvalue weighted by Gasteiger charge is 2.25. The molecule has 0 bridgehead atoms. The molecule has 0 spiro atoms. The van der Waals surface area contributed by atoms with Gasteiger partial charge < -0.3 is 15.4 Å². The Labute approximate surface area is 147 Å². The summed E-state index contributed by atoms with van der Waals surface area (Å²) in [5, 5.41) is 5.57. The number of hydrogen-bond donors (Lipinski definition) is 2. The Balaban J connectivity index is 1.43. The number of carbonyl (C=O) groups is 2. The van der Waals surface area contributed by atoms with Gasteiger partial charge in [-0.25, -0.2) is 4.79 Å². The molecule has 5 nitrogen and oxygen atoms in total. The Hall–Kier alpha value is -2.82. The first kappa shape index (κ1) is 17.0. The summed E-state index contributed by atoms with van der Waals surface area (Å²) in [4.78, 5) is 24.1. The van der Waals surface area contributed by atoms with E-state index in [4.69, 9.17) is 4.74 Å². The van der Waals surface area contributed by atoms with Crippen LogP contribution in [0.4, 0.5) is 4.79 Å². The third kappa shape index (κ3) is 4.59. The van der Waals surface area contributed by atoms with E-state index >= 15 is 0 Å². The fourth-order valence-corrected chi connectivity index (χ4v) is 2.99. The van der Waals surface area contributed by atoms with E-state index in [1.165, 1.54) is 11.1 Å². The molecule has 0 heterocycles. The quantitative estimate of drug-likeness (QED) is 0.880. The van der Waals surface area contributed by atoms with Crippen molar-refractivity contribution < 1.29 is 14.3 Å². The van der Waals surface area contributed by atoms with Gasteiger partial charge in [-0.05, 0) is 36.5 Å². The summed E-state index contributed by atoms with van der Waals surface area (Å²) in [5.41, 5.74) is 3.45. The molecule has 2 N–H and O–H groups in total. The van der Waals surface area contributed by atoms with Crippen molar-refractivity contribution in [3.8, 4) is 0 Å². The Morgan fingerprint density at radius 3 is 2.28 bits per heavy atom. The minimum atomic E-state index is -0.646. The lowest BCUT2D eigenvalue weighted by atomic mass is 10.1. The molecule has 25 heavy (non-hydrogen) atoms. The van der Waals surface area contributed by atoms with Crippen LogP contribution in [0.25, 0.3) is 0 Å². The zero-order valence-electron chi connectivity index (χ0n) is 14.2. The molecule has 0 radical (unpaired) electrons. The van der Waals surface area contributed by atoms with Gasteiger partial charge in [0.05, 0.1) is 0 Å². The SMILES string of the molecule is C[C@@H](NC(=O)OCc1ccccc1)C(=O)NC1Cc2ccccc2C1. The lowest BCUT2D eigenvalue weighted by molar-refractivity contribution is -0.123. The van der Waals surface area contributed by atoms with Crippen molar-refractivity contribution in [3.63, 3.8) is 0 Å². The van der Waals surface area contributed by atoms with Crippen LogP contribution in [0.15, 0.2) is 54.6 Å². The zero-order chi connectivity index (χ0) is 17.6. The van der Waals surface area contributed by atoms with E-state index in [0.717, 1.165) is 18.4 Å². The monoisotopic (exact) mass is 338 g/mol. The molecule has 2 amide bonds. The number of ether oxygens (including phenoxy) is 1. The molecule has 1 aliphatic rings. The van der Waals surface area contributed by atoms with Gasteiger partial charge in [-0.15, -0.1) is 0 Å². The number of carbonyl (C=O) groups excluding carboxylic acids is 2. The standard InChI is InChI=1S/C20H22N2O3/c1-14(21-20(24)25-13-15-7-3-2-4-8-15)19(23)22-18-11-16-9-5-6-10-17(16)12-18/h2-10,14,18H,11-13H2,1H3,(H,21,24)(H,22,23)/t14-/m1/s1. The van der Waals surface area contributed by atoms with Gasteiger partial charge in [0, 0.05) is 6.04 Å². The van der Waals surface area contributed by atoms with E-state index in [-0.39, 0.29) is 18.6 Å². The lowest BCUT2D eigenvalue weighted by Crippen LogP contribution is -2.48. The average molecular weight is 338 g/mol. The van der Waals surface area contributed by atoms with Crippen LogP contribution in [0.3, 0.4) is 0 Å². The first-order valence-electron chi connectivity index (χ1n) is 8.46. The van der Waals surface area contributed by atoms with Crippen molar-refractivity contribution in [2.75, 3.05) is 0 Å². The molecule has 2 aromatic rings.